The highest BCUT2D eigenvalue weighted by molar-refractivity contribution is 5.98. The van der Waals surface area contributed by atoms with Gasteiger partial charge in [0.1, 0.15) is 34.9 Å². The van der Waals surface area contributed by atoms with Gasteiger partial charge in [-0.1, -0.05) is 0 Å². The van der Waals surface area contributed by atoms with Gasteiger partial charge in [0.05, 0.1) is 6.61 Å². The third kappa shape index (κ3) is 2.07. The smallest absolute Gasteiger partial charge is 0.176 e. The number of ether oxygens (including phenoxy) is 1. The van der Waals surface area contributed by atoms with E-state index in [1.165, 1.54) is 0 Å². The van der Waals surface area contributed by atoms with E-state index >= 15 is 0 Å². The maximum atomic E-state index is 9.30. The number of hydrogen-bond acceptors (Lipinski definition) is 6. The lowest BCUT2D eigenvalue weighted by Gasteiger charge is -2.39. The summed E-state index contributed by atoms with van der Waals surface area (Å²) < 4.78 is 9.82. The van der Waals surface area contributed by atoms with E-state index in [9.17, 15) is 15.3 Å². The molecule has 0 radical (unpaired) electrons. The lowest BCUT2D eigenvalue weighted by Crippen LogP contribution is -2.59. The van der Waals surface area contributed by atoms with Gasteiger partial charge in [-0.15, -0.1) is 0 Å². The molecule has 4 N–H and O–H groups in total. The average Bonchev–Trinajstić information content (AvgIpc) is 2.15. The second kappa shape index (κ2) is 4.47. The van der Waals surface area contributed by atoms with Gasteiger partial charge in [0, 0.05) is 0 Å². The van der Waals surface area contributed by atoms with E-state index in [-0.39, 0.29) is 0 Å². The summed E-state index contributed by atoms with van der Waals surface area (Å²) in [5, 5.41) is 36.6. The molecule has 0 aromatic carbocycles. The van der Waals surface area contributed by atoms with Crippen LogP contribution in [0.3, 0.4) is 0 Å². The quantitative estimate of drug-likeness (QED) is 0.348. The van der Waals surface area contributed by atoms with Gasteiger partial charge in [0.2, 0.25) is 0 Å². The van der Waals surface area contributed by atoms with E-state index in [0.29, 0.717) is 10.5 Å². The van der Waals surface area contributed by atoms with Crippen molar-refractivity contribution in [2.45, 2.75) is 30.7 Å². The third-order valence-electron chi connectivity index (χ3n) is 2.08. The molecular formula is C6H14O6Si. The number of aliphatic hydroxyl groups is 4. The van der Waals surface area contributed by atoms with E-state index in [2.05, 4.69) is 0 Å². The molecule has 0 saturated carbocycles. The largest absolute Gasteiger partial charge is 0.402 e. The minimum Gasteiger partial charge on any atom is -0.402 e. The zero-order valence-electron chi connectivity index (χ0n) is 7.20. The number of hydrogen-bond donors (Lipinski definition) is 4. The van der Waals surface area contributed by atoms with Crippen LogP contribution >= 0.6 is 0 Å². The van der Waals surface area contributed by atoms with Gasteiger partial charge in [-0.2, -0.15) is 0 Å². The first-order valence-corrected chi connectivity index (χ1v) is 4.76. The molecule has 5 atom stereocenters. The molecular weight excluding hydrogens is 196 g/mol. The Kier molecular flexibility index (Phi) is 3.80. The van der Waals surface area contributed by atoms with Crippen LogP contribution in [-0.2, 0) is 9.16 Å². The van der Waals surface area contributed by atoms with Gasteiger partial charge in [-0.3, -0.25) is 0 Å². The van der Waals surface area contributed by atoms with Crippen molar-refractivity contribution in [1.29, 1.82) is 0 Å². The van der Waals surface area contributed by atoms with Crippen molar-refractivity contribution >= 4 is 10.5 Å². The van der Waals surface area contributed by atoms with Crippen LogP contribution < -0.4 is 0 Å². The SMILES string of the molecule is OC[C@H]1O[C@@H](O[SiH3])[C@H](O)[C@@H](O)[C@@H]1O. The van der Waals surface area contributed by atoms with Crippen molar-refractivity contribution < 1.29 is 29.6 Å². The van der Waals surface area contributed by atoms with Gasteiger partial charge in [0.25, 0.3) is 0 Å². The summed E-state index contributed by atoms with van der Waals surface area (Å²) >= 11 is 0. The van der Waals surface area contributed by atoms with E-state index in [1.807, 2.05) is 0 Å². The van der Waals surface area contributed by atoms with Crippen molar-refractivity contribution in [1.82, 2.24) is 0 Å². The normalized spacial score (nSPS) is 46.6. The number of aliphatic hydroxyl groups excluding tert-OH is 4. The summed E-state index contributed by atoms with van der Waals surface area (Å²) in [6.07, 6.45) is -5.76. The topological polar surface area (TPSA) is 99.4 Å². The summed E-state index contributed by atoms with van der Waals surface area (Å²) in [6, 6.07) is 0. The van der Waals surface area contributed by atoms with E-state index in [4.69, 9.17) is 14.3 Å². The molecule has 78 valence electrons. The van der Waals surface area contributed by atoms with Crippen molar-refractivity contribution in [3.63, 3.8) is 0 Å². The third-order valence-corrected chi connectivity index (χ3v) is 2.55. The molecule has 1 rings (SSSR count). The van der Waals surface area contributed by atoms with Gasteiger partial charge in [-0.05, 0) is 0 Å². The Morgan fingerprint density at radius 3 is 2.23 bits per heavy atom. The van der Waals surface area contributed by atoms with Crippen molar-refractivity contribution in [3.05, 3.63) is 0 Å². The molecule has 0 aliphatic carbocycles. The van der Waals surface area contributed by atoms with Crippen LogP contribution in [0.2, 0.25) is 0 Å². The minimum absolute atomic E-state index is 0.337. The monoisotopic (exact) mass is 210 g/mol. The highest BCUT2D eigenvalue weighted by Gasteiger charge is 2.43. The molecule has 7 heteroatoms. The Balaban J connectivity index is 2.66. The van der Waals surface area contributed by atoms with Crippen molar-refractivity contribution in [2.75, 3.05) is 6.61 Å². The molecule has 1 saturated heterocycles. The fraction of sp³-hybridized carbons (Fsp3) is 1.00. The Hall–Kier alpha value is -0.0231. The summed E-state index contributed by atoms with van der Waals surface area (Å²) in [7, 11) is 0.337. The van der Waals surface area contributed by atoms with Crippen LogP contribution in [-0.4, -0.2) is 68.2 Å². The number of rotatable bonds is 2. The summed E-state index contributed by atoms with van der Waals surface area (Å²) in [5.41, 5.74) is 0. The molecule has 0 unspecified atom stereocenters. The fourth-order valence-corrected chi connectivity index (χ4v) is 1.65. The first kappa shape index (κ1) is 11.1. The first-order chi connectivity index (χ1) is 6.11. The molecule has 0 spiro atoms. The molecule has 1 aliphatic heterocycles. The fourth-order valence-electron chi connectivity index (χ4n) is 1.26. The second-order valence-electron chi connectivity index (χ2n) is 2.93. The van der Waals surface area contributed by atoms with Gasteiger partial charge < -0.3 is 29.6 Å². The van der Waals surface area contributed by atoms with Crippen LogP contribution in [0, 0.1) is 0 Å². The predicted octanol–water partition coefficient (Wildman–Crippen LogP) is -3.92. The molecule has 0 aromatic heterocycles. The zero-order chi connectivity index (χ0) is 10.0. The molecule has 0 amide bonds. The van der Waals surface area contributed by atoms with E-state index in [0.717, 1.165) is 0 Å². The summed E-state index contributed by atoms with van der Waals surface area (Å²) in [6.45, 7) is -0.424. The average molecular weight is 210 g/mol. The molecule has 0 aromatic rings. The molecule has 1 heterocycles. The Labute approximate surface area is 78.3 Å². The van der Waals surface area contributed by atoms with Gasteiger partial charge in [-0.25, -0.2) is 0 Å². The molecule has 13 heavy (non-hydrogen) atoms. The lowest BCUT2D eigenvalue weighted by molar-refractivity contribution is -0.277. The Morgan fingerprint density at radius 2 is 1.77 bits per heavy atom. The lowest BCUT2D eigenvalue weighted by atomic mass is 10.00. The van der Waals surface area contributed by atoms with Gasteiger partial charge >= 0.3 is 0 Å². The first-order valence-electron chi connectivity index (χ1n) is 3.95. The van der Waals surface area contributed by atoms with Crippen LogP contribution in [0.4, 0.5) is 0 Å². The summed E-state index contributed by atoms with van der Waals surface area (Å²) in [5.74, 6) is 0. The van der Waals surface area contributed by atoms with Crippen molar-refractivity contribution in [2.24, 2.45) is 0 Å². The zero-order valence-corrected chi connectivity index (χ0v) is 9.20. The maximum absolute atomic E-state index is 9.30. The van der Waals surface area contributed by atoms with Gasteiger partial charge in [0.15, 0.2) is 6.29 Å². The highest BCUT2D eigenvalue weighted by atomic mass is 28.2. The van der Waals surface area contributed by atoms with Crippen molar-refractivity contribution in [3.8, 4) is 0 Å². The molecule has 0 bridgehead atoms. The Morgan fingerprint density at radius 1 is 1.15 bits per heavy atom. The van der Waals surface area contributed by atoms with Crippen LogP contribution in [0.15, 0.2) is 0 Å². The van der Waals surface area contributed by atoms with Crippen LogP contribution in [0.5, 0.6) is 0 Å². The second-order valence-corrected chi connectivity index (χ2v) is 3.40. The van der Waals surface area contributed by atoms with E-state index in [1.54, 1.807) is 0 Å². The van der Waals surface area contributed by atoms with E-state index < -0.39 is 37.3 Å². The molecule has 1 aliphatic rings. The Bertz CT molecular complexity index is 147. The minimum atomic E-state index is -1.34. The highest BCUT2D eigenvalue weighted by Crippen LogP contribution is 2.20. The molecule has 1 fully saturated rings. The predicted molar refractivity (Wildman–Crippen MR) is 44.8 cm³/mol. The van der Waals surface area contributed by atoms with Crippen LogP contribution in [0.1, 0.15) is 0 Å². The van der Waals surface area contributed by atoms with Crippen LogP contribution in [0.25, 0.3) is 0 Å². The standard InChI is InChI=1S/C6H14O6Si/c7-1-2-3(8)4(9)5(10)6(11-2)12-13/h2-10H,1H2,13H3/t2-,3-,4+,5-,6+/m1/s1. The summed E-state index contributed by atoms with van der Waals surface area (Å²) in [4.78, 5) is 0. The molecule has 6 nitrogen and oxygen atoms in total. The maximum Gasteiger partial charge on any atom is 0.176 e.